The SMILES string of the molecule is CC(=O)c1cc(Br)ccc1N1C(N)=NC(N)=NC12CCCCC2. The van der Waals surface area contributed by atoms with Crippen molar-refractivity contribution in [1.29, 1.82) is 0 Å². The second kappa shape index (κ2) is 5.96. The van der Waals surface area contributed by atoms with Crippen molar-refractivity contribution >= 4 is 39.3 Å². The molecule has 1 aliphatic carbocycles. The van der Waals surface area contributed by atoms with Crippen LogP contribution in [0.5, 0.6) is 0 Å². The van der Waals surface area contributed by atoms with Crippen LogP contribution in [0.1, 0.15) is 49.4 Å². The molecule has 6 nitrogen and oxygen atoms in total. The Morgan fingerprint density at radius 1 is 1.26 bits per heavy atom. The Kier molecular flexibility index (Phi) is 4.14. The van der Waals surface area contributed by atoms with E-state index in [4.69, 9.17) is 11.5 Å². The van der Waals surface area contributed by atoms with E-state index < -0.39 is 5.66 Å². The fourth-order valence-corrected chi connectivity index (χ4v) is 3.82. The van der Waals surface area contributed by atoms with E-state index in [-0.39, 0.29) is 11.7 Å². The Labute approximate surface area is 143 Å². The van der Waals surface area contributed by atoms with Crippen LogP contribution in [0.4, 0.5) is 5.69 Å². The molecule has 0 bridgehead atoms. The first kappa shape index (κ1) is 16.0. The first-order valence-corrected chi connectivity index (χ1v) is 8.52. The minimum atomic E-state index is -0.536. The number of nitrogens with two attached hydrogens (primary N) is 2. The molecule has 1 spiro atoms. The summed E-state index contributed by atoms with van der Waals surface area (Å²) in [6.45, 7) is 1.55. The smallest absolute Gasteiger partial charge is 0.220 e. The maximum Gasteiger partial charge on any atom is 0.220 e. The lowest BCUT2D eigenvalue weighted by Gasteiger charge is -2.46. The summed E-state index contributed by atoms with van der Waals surface area (Å²) in [5, 5.41) is 0. The summed E-state index contributed by atoms with van der Waals surface area (Å²) >= 11 is 3.42. The number of anilines is 1. The summed E-state index contributed by atoms with van der Waals surface area (Å²) in [6.07, 6.45) is 4.95. The van der Waals surface area contributed by atoms with Gasteiger partial charge in [0, 0.05) is 10.0 Å². The molecule has 1 saturated carbocycles. The van der Waals surface area contributed by atoms with E-state index >= 15 is 0 Å². The van der Waals surface area contributed by atoms with Gasteiger partial charge in [-0.15, -0.1) is 0 Å². The minimum absolute atomic E-state index is 0.0254. The molecule has 0 atom stereocenters. The van der Waals surface area contributed by atoms with Gasteiger partial charge in [-0.1, -0.05) is 22.4 Å². The number of halogens is 1. The molecule has 4 N–H and O–H groups in total. The van der Waals surface area contributed by atoms with Crippen LogP contribution in [0.3, 0.4) is 0 Å². The summed E-state index contributed by atoms with van der Waals surface area (Å²) in [5.74, 6) is 0.481. The van der Waals surface area contributed by atoms with Crippen molar-refractivity contribution in [3.63, 3.8) is 0 Å². The van der Waals surface area contributed by atoms with Gasteiger partial charge in [-0.25, -0.2) is 4.99 Å². The lowest BCUT2D eigenvalue weighted by Crippen LogP contribution is -2.58. The molecule has 0 unspecified atom stereocenters. The van der Waals surface area contributed by atoms with E-state index in [2.05, 4.69) is 25.9 Å². The largest absolute Gasteiger partial charge is 0.369 e. The van der Waals surface area contributed by atoms with Gasteiger partial charge >= 0.3 is 0 Å². The number of hydrogen-bond donors (Lipinski definition) is 2. The highest BCUT2D eigenvalue weighted by atomic mass is 79.9. The first-order chi connectivity index (χ1) is 10.9. The summed E-state index contributed by atoms with van der Waals surface area (Å²) in [4.78, 5) is 22.8. The van der Waals surface area contributed by atoms with Crippen molar-refractivity contribution in [3.8, 4) is 0 Å². The number of ketones is 1. The Bertz CT molecular complexity index is 706. The molecule has 0 saturated heterocycles. The normalized spacial score (nSPS) is 20.2. The number of aliphatic imine (C=N–C) groups is 2. The number of Topliss-reactive ketones (excluding diaryl/α,β-unsaturated/α-hetero) is 1. The highest BCUT2D eigenvalue weighted by Crippen LogP contribution is 2.41. The summed E-state index contributed by atoms with van der Waals surface area (Å²) in [5.41, 5.74) is 12.9. The molecule has 7 heteroatoms. The number of nitrogens with zero attached hydrogens (tertiary/aromatic N) is 3. The van der Waals surface area contributed by atoms with Gasteiger partial charge in [0.2, 0.25) is 11.9 Å². The van der Waals surface area contributed by atoms with Crippen molar-refractivity contribution in [3.05, 3.63) is 28.2 Å². The second-order valence-electron chi connectivity index (χ2n) is 6.04. The van der Waals surface area contributed by atoms with Crippen LogP contribution >= 0.6 is 15.9 Å². The predicted octanol–water partition coefficient (Wildman–Crippen LogP) is 2.76. The van der Waals surface area contributed by atoms with E-state index in [1.54, 1.807) is 6.92 Å². The lowest BCUT2D eigenvalue weighted by atomic mass is 9.86. The van der Waals surface area contributed by atoms with Gasteiger partial charge in [-0.3, -0.25) is 9.69 Å². The maximum absolute atomic E-state index is 12.1. The van der Waals surface area contributed by atoms with Gasteiger partial charge < -0.3 is 11.5 Å². The van der Waals surface area contributed by atoms with E-state index in [1.807, 2.05) is 23.1 Å². The number of carbonyl (C=O) groups is 1. The van der Waals surface area contributed by atoms with Crippen LogP contribution in [0.25, 0.3) is 0 Å². The average Bonchev–Trinajstić information content (AvgIpc) is 2.48. The van der Waals surface area contributed by atoms with Crippen LogP contribution in [-0.2, 0) is 0 Å². The third-order valence-corrected chi connectivity index (χ3v) is 4.92. The van der Waals surface area contributed by atoms with Crippen molar-refractivity contribution in [2.75, 3.05) is 4.90 Å². The Morgan fingerprint density at radius 2 is 1.96 bits per heavy atom. The molecule has 0 radical (unpaired) electrons. The molecule has 122 valence electrons. The van der Waals surface area contributed by atoms with Gasteiger partial charge in [0.05, 0.1) is 5.69 Å². The molecular formula is C16H20BrN5O. The molecule has 0 amide bonds. The number of rotatable bonds is 2. The second-order valence-corrected chi connectivity index (χ2v) is 6.95. The van der Waals surface area contributed by atoms with E-state index in [0.717, 1.165) is 35.8 Å². The van der Waals surface area contributed by atoms with Crippen LogP contribution in [0, 0.1) is 0 Å². The zero-order valence-electron chi connectivity index (χ0n) is 13.1. The summed E-state index contributed by atoms with van der Waals surface area (Å²) in [7, 11) is 0. The van der Waals surface area contributed by atoms with E-state index in [9.17, 15) is 4.79 Å². The van der Waals surface area contributed by atoms with Gasteiger partial charge in [0.25, 0.3) is 0 Å². The van der Waals surface area contributed by atoms with Crippen molar-refractivity contribution < 1.29 is 4.79 Å². The van der Waals surface area contributed by atoms with Crippen LogP contribution < -0.4 is 16.4 Å². The molecule has 1 aromatic carbocycles. The molecule has 1 heterocycles. The third kappa shape index (κ3) is 2.85. The van der Waals surface area contributed by atoms with E-state index in [1.165, 1.54) is 6.42 Å². The highest BCUT2D eigenvalue weighted by molar-refractivity contribution is 9.10. The Hall–Kier alpha value is -1.89. The molecule has 1 aliphatic heterocycles. The molecule has 3 rings (SSSR count). The van der Waals surface area contributed by atoms with Gasteiger partial charge in [0.1, 0.15) is 5.66 Å². The fourth-order valence-electron chi connectivity index (χ4n) is 3.46. The van der Waals surface area contributed by atoms with Crippen LogP contribution in [0.2, 0.25) is 0 Å². The van der Waals surface area contributed by atoms with Crippen molar-refractivity contribution in [2.24, 2.45) is 21.5 Å². The highest BCUT2D eigenvalue weighted by Gasteiger charge is 2.43. The lowest BCUT2D eigenvalue weighted by molar-refractivity contribution is 0.101. The third-order valence-electron chi connectivity index (χ3n) is 4.43. The quantitative estimate of drug-likeness (QED) is 0.774. The molecular weight excluding hydrogens is 358 g/mol. The van der Waals surface area contributed by atoms with Gasteiger partial charge in [0.15, 0.2) is 5.78 Å². The van der Waals surface area contributed by atoms with Crippen LogP contribution in [0.15, 0.2) is 32.7 Å². The number of benzene rings is 1. The Morgan fingerprint density at radius 3 is 2.61 bits per heavy atom. The first-order valence-electron chi connectivity index (χ1n) is 7.73. The topological polar surface area (TPSA) is 97.1 Å². The van der Waals surface area contributed by atoms with Crippen LogP contribution in [-0.4, -0.2) is 23.4 Å². The number of carbonyl (C=O) groups excluding carboxylic acids is 1. The zero-order chi connectivity index (χ0) is 16.6. The average molecular weight is 378 g/mol. The van der Waals surface area contributed by atoms with Gasteiger partial charge in [-0.2, -0.15) is 4.99 Å². The minimum Gasteiger partial charge on any atom is -0.369 e. The molecule has 0 aromatic heterocycles. The number of hydrogen-bond acceptors (Lipinski definition) is 6. The molecule has 1 aromatic rings. The fraction of sp³-hybridized carbons (Fsp3) is 0.438. The Balaban J connectivity index is 2.16. The predicted molar refractivity (Wildman–Crippen MR) is 95.7 cm³/mol. The molecule has 23 heavy (non-hydrogen) atoms. The van der Waals surface area contributed by atoms with Crippen molar-refractivity contribution in [2.45, 2.75) is 44.7 Å². The zero-order valence-corrected chi connectivity index (χ0v) is 14.6. The monoisotopic (exact) mass is 377 g/mol. The van der Waals surface area contributed by atoms with E-state index in [0.29, 0.717) is 11.5 Å². The molecule has 1 fully saturated rings. The summed E-state index contributed by atoms with van der Waals surface area (Å²) in [6, 6.07) is 5.59. The maximum atomic E-state index is 12.1. The van der Waals surface area contributed by atoms with Crippen molar-refractivity contribution in [1.82, 2.24) is 0 Å². The standard InChI is InChI=1S/C16H20BrN5O/c1-10(23)12-9-11(17)5-6-13(12)22-15(19)20-14(18)21-16(22)7-3-2-4-8-16/h5-6,9H,2-4,7-8H2,1H3,(H4,18,19,20,21). The number of guanidine groups is 2. The van der Waals surface area contributed by atoms with Gasteiger partial charge in [-0.05, 0) is 50.8 Å². The summed E-state index contributed by atoms with van der Waals surface area (Å²) < 4.78 is 0.847. The molecule has 2 aliphatic rings.